The lowest BCUT2D eigenvalue weighted by molar-refractivity contribution is 0.478. The normalized spacial score (nSPS) is 13.7. The minimum absolute atomic E-state index is 0.0157. The van der Waals surface area contributed by atoms with Gasteiger partial charge in [0.15, 0.2) is 0 Å². The third-order valence-electron chi connectivity index (χ3n) is 2.46. The first-order chi connectivity index (χ1) is 8.38. The van der Waals surface area contributed by atoms with Gasteiger partial charge >= 0.3 is 0 Å². The molecular formula is C12H18N2O3S. The lowest BCUT2D eigenvalue weighted by Gasteiger charge is -2.13. The zero-order valence-electron chi connectivity index (χ0n) is 10.5. The largest absolute Gasteiger partial charge is 0.286 e. The number of rotatable bonds is 6. The van der Waals surface area contributed by atoms with Crippen LogP contribution in [-0.4, -0.2) is 32.0 Å². The first kappa shape index (κ1) is 14.7. The highest BCUT2D eigenvalue weighted by Gasteiger charge is 2.07. The quantitative estimate of drug-likeness (QED) is 0.488. The molecule has 1 aromatic rings. The molecule has 0 saturated carbocycles. The zero-order chi connectivity index (χ0) is 13.6. The lowest BCUT2D eigenvalue weighted by Crippen LogP contribution is -2.13. The molecule has 0 aliphatic rings. The molecule has 1 rings (SSSR count). The molecule has 1 N–H and O–H groups in total. The Balaban J connectivity index is 2.49. The van der Waals surface area contributed by atoms with Crippen LogP contribution in [0, 0.1) is 5.92 Å². The Morgan fingerprint density at radius 1 is 1.39 bits per heavy atom. The second-order valence-electron chi connectivity index (χ2n) is 4.18. The molecule has 0 bridgehead atoms. The molecule has 0 aliphatic carbocycles. The van der Waals surface area contributed by atoms with E-state index in [9.17, 15) is 8.42 Å². The van der Waals surface area contributed by atoms with Gasteiger partial charge in [-0.2, -0.15) is 13.5 Å². The maximum Gasteiger partial charge on any atom is 0.264 e. The molecule has 0 aromatic heterocycles. The van der Waals surface area contributed by atoms with Gasteiger partial charge in [-0.1, -0.05) is 25.1 Å². The molecule has 1 unspecified atom stereocenters. The topological polar surface area (TPSA) is 70.0 Å². The van der Waals surface area contributed by atoms with Crippen molar-refractivity contribution < 1.29 is 13.0 Å². The molecule has 0 spiro atoms. The zero-order valence-corrected chi connectivity index (χ0v) is 11.3. The monoisotopic (exact) mass is 270 g/mol. The molecule has 0 radical (unpaired) electrons. The standard InChI is InChI=1S/C12H18N2O3S/c1-11(8-9-18(15,16)17)10-13-14(2)12-6-4-3-5-7-12/h3-7,10-11H,8-9H2,1-2H3,(H,15,16,17). The summed E-state index contributed by atoms with van der Waals surface area (Å²) < 4.78 is 29.8. The van der Waals surface area contributed by atoms with Crippen molar-refractivity contribution in [3.05, 3.63) is 30.3 Å². The van der Waals surface area contributed by atoms with Crippen molar-refractivity contribution in [2.45, 2.75) is 13.3 Å². The maximum absolute atomic E-state index is 10.6. The van der Waals surface area contributed by atoms with Gasteiger partial charge in [-0.25, -0.2) is 0 Å². The molecule has 6 heteroatoms. The van der Waals surface area contributed by atoms with Gasteiger partial charge in [-0.05, 0) is 24.5 Å². The fourth-order valence-corrected chi connectivity index (χ4v) is 2.00. The molecule has 1 atom stereocenters. The van der Waals surface area contributed by atoms with Crippen molar-refractivity contribution in [1.29, 1.82) is 0 Å². The van der Waals surface area contributed by atoms with Gasteiger partial charge in [0.1, 0.15) is 0 Å². The van der Waals surface area contributed by atoms with E-state index in [0.29, 0.717) is 6.42 Å². The van der Waals surface area contributed by atoms with Gasteiger partial charge in [0.05, 0.1) is 11.4 Å². The Morgan fingerprint density at radius 3 is 2.56 bits per heavy atom. The first-order valence-electron chi connectivity index (χ1n) is 5.66. The molecular weight excluding hydrogens is 252 g/mol. The highest BCUT2D eigenvalue weighted by atomic mass is 32.2. The van der Waals surface area contributed by atoms with Crippen LogP contribution in [-0.2, 0) is 10.1 Å². The van der Waals surface area contributed by atoms with E-state index in [1.807, 2.05) is 44.3 Å². The molecule has 1 aromatic carbocycles. The van der Waals surface area contributed by atoms with Gasteiger partial charge < -0.3 is 0 Å². The average molecular weight is 270 g/mol. The highest BCUT2D eigenvalue weighted by molar-refractivity contribution is 7.85. The number of anilines is 1. The van der Waals surface area contributed by atoms with Gasteiger partial charge in [0, 0.05) is 13.3 Å². The van der Waals surface area contributed by atoms with Crippen LogP contribution < -0.4 is 5.01 Å². The van der Waals surface area contributed by atoms with Crippen LogP contribution in [0.15, 0.2) is 35.4 Å². The Labute approximate surface area is 108 Å². The van der Waals surface area contributed by atoms with Gasteiger partial charge in [-0.15, -0.1) is 0 Å². The minimum Gasteiger partial charge on any atom is -0.286 e. The van der Waals surface area contributed by atoms with Gasteiger partial charge in [0.25, 0.3) is 10.1 Å². The summed E-state index contributed by atoms with van der Waals surface area (Å²) in [6, 6.07) is 9.63. The number of para-hydroxylation sites is 1. The van der Waals surface area contributed by atoms with Crippen LogP contribution >= 0.6 is 0 Å². The van der Waals surface area contributed by atoms with Crippen molar-refractivity contribution in [2.75, 3.05) is 17.8 Å². The molecule has 100 valence electrons. The molecule has 18 heavy (non-hydrogen) atoms. The lowest BCUT2D eigenvalue weighted by atomic mass is 10.1. The van der Waals surface area contributed by atoms with Crippen molar-refractivity contribution in [1.82, 2.24) is 0 Å². The second-order valence-corrected chi connectivity index (χ2v) is 5.75. The number of benzene rings is 1. The van der Waals surface area contributed by atoms with Crippen molar-refractivity contribution in [3.8, 4) is 0 Å². The van der Waals surface area contributed by atoms with Crippen molar-refractivity contribution >= 4 is 22.0 Å². The van der Waals surface area contributed by atoms with E-state index in [0.717, 1.165) is 5.69 Å². The maximum atomic E-state index is 10.6. The van der Waals surface area contributed by atoms with Gasteiger partial charge in [-0.3, -0.25) is 9.56 Å². The third kappa shape index (κ3) is 5.79. The van der Waals surface area contributed by atoms with E-state index >= 15 is 0 Å². The Kier molecular flexibility index (Phi) is 5.30. The van der Waals surface area contributed by atoms with Crippen molar-refractivity contribution in [3.63, 3.8) is 0 Å². The summed E-state index contributed by atoms with van der Waals surface area (Å²) in [5.41, 5.74) is 0.954. The summed E-state index contributed by atoms with van der Waals surface area (Å²) in [7, 11) is -2.06. The number of hydrogen-bond acceptors (Lipinski definition) is 4. The first-order valence-corrected chi connectivity index (χ1v) is 7.27. The van der Waals surface area contributed by atoms with Gasteiger partial charge in [0.2, 0.25) is 0 Å². The van der Waals surface area contributed by atoms with Crippen LogP contribution in [0.5, 0.6) is 0 Å². The number of hydrazone groups is 1. The Hall–Kier alpha value is -1.40. The summed E-state index contributed by atoms with van der Waals surface area (Å²) in [5.74, 6) is -0.256. The van der Waals surface area contributed by atoms with E-state index in [-0.39, 0.29) is 11.7 Å². The van der Waals surface area contributed by atoms with Crippen molar-refractivity contribution in [2.24, 2.45) is 11.0 Å². The molecule has 5 nitrogen and oxygen atoms in total. The molecule has 0 aliphatic heterocycles. The highest BCUT2D eigenvalue weighted by Crippen LogP contribution is 2.11. The number of nitrogens with zero attached hydrogens (tertiary/aromatic N) is 2. The summed E-state index contributed by atoms with van der Waals surface area (Å²) in [5, 5.41) is 5.94. The summed E-state index contributed by atoms with van der Waals surface area (Å²) in [6.45, 7) is 1.85. The summed E-state index contributed by atoms with van der Waals surface area (Å²) >= 11 is 0. The van der Waals surface area contributed by atoms with Crippen LogP contribution in [0.1, 0.15) is 13.3 Å². The van der Waals surface area contributed by atoms with Crippen LogP contribution in [0.3, 0.4) is 0 Å². The van der Waals surface area contributed by atoms with E-state index < -0.39 is 10.1 Å². The van der Waals surface area contributed by atoms with E-state index in [4.69, 9.17) is 4.55 Å². The van der Waals surface area contributed by atoms with Crippen LogP contribution in [0.2, 0.25) is 0 Å². The summed E-state index contributed by atoms with van der Waals surface area (Å²) in [4.78, 5) is 0. The predicted molar refractivity (Wildman–Crippen MR) is 73.5 cm³/mol. The van der Waals surface area contributed by atoms with E-state index in [1.165, 1.54) is 0 Å². The second kappa shape index (κ2) is 6.51. The fraction of sp³-hybridized carbons (Fsp3) is 0.417. The molecule has 0 fully saturated rings. The molecule has 0 heterocycles. The third-order valence-corrected chi connectivity index (χ3v) is 3.21. The minimum atomic E-state index is -3.89. The Bertz CT molecular complexity index is 485. The molecule has 0 saturated heterocycles. The number of hydrogen-bond donors (Lipinski definition) is 1. The summed E-state index contributed by atoms with van der Waals surface area (Å²) in [6.07, 6.45) is 2.03. The van der Waals surface area contributed by atoms with Crippen LogP contribution in [0.4, 0.5) is 5.69 Å². The van der Waals surface area contributed by atoms with E-state index in [2.05, 4.69) is 5.10 Å². The van der Waals surface area contributed by atoms with Crippen LogP contribution in [0.25, 0.3) is 0 Å². The average Bonchev–Trinajstić information content (AvgIpc) is 2.33. The SMILES string of the molecule is CC(C=NN(C)c1ccccc1)CCS(=O)(=O)O. The molecule has 0 amide bonds. The van der Waals surface area contributed by atoms with E-state index in [1.54, 1.807) is 11.2 Å². The predicted octanol–water partition coefficient (Wildman–Crippen LogP) is 2.02. The smallest absolute Gasteiger partial charge is 0.264 e. The Morgan fingerprint density at radius 2 is 2.00 bits per heavy atom. The fourth-order valence-electron chi connectivity index (χ4n) is 1.33.